The van der Waals surface area contributed by atoms with E-state index < -0.39 is 52.7 Å². The molecule has 0 aliphatic heterocycles. The van der Waals surface area contributed by atoms with Gasteiger partial charge in [0.05, 0.1) is 11.5 Å². The third-order valence-electron chi connectivity index (χ3n) is 6.25. The molecule has 2 aromatic carbocycles. The molecular formula is C23H20ClNO7. The number of benzene rings is 2. The molecule has 1 saturated carbocycles. The molecule has 166 valence electrons. The van der Waals surface area contributed by atoms with Gasteiger partial charge < -0.3 is 9.84 Å². The Balaban J connectivity index is 1.64. The van der Waals surface area contributed by atoms with Crippen LogP contribution in [0.1, 0.15) is 27.9 Å². The number of ketones is 2. The summed E-state index contributed by atoms with van der Waals surface area (Å²) in [6, 6.07) is 11.6. The Hall–Kier alpha value is -3.26. The zero-order valence-electron chi connectivity index (χ0n) is 16.9. The minimum atomic E-state index is -1.42. The van der Waals surface area contributed by atoms with Gasteiger partial charge in [0.1, 0.15) is 18.3 Å². The van der Waals surface area contributed by atoms with E-state index >= 15 is 0 Å². The number of nitro groups is 1. The summed E-state index contributed by atoms with van der Waals surface area (Å²) in [6.45, 7) is -0.676. The van der Waals surface area contributed by atoms with Crippen molar-refractivity contribution in [3.63, 3.8) is 0 Å². The lowest BCUT2D eigenvalue weighted by atomic mass is 9.61. The zero-order valence-corrected chi connectivity index (χ0v) is 17.7. The highest BCUT2D eigenvalue weighted by molar-refractivity contribution is 6.32. The molecule has 0 heterocycles. The fourth-order valence-corrected chi connectivity index (χ4v) is 5.10. The first kappa shape index (κ1) is 22.0. The SMILES string of the molecule is O=C(OCc1ccccc1)C1C(=O)C2C(=O)c3c(O)ccc(Cl)c3CC2CC1C[N+](=O)[O-]. The van der Waals surface area contributed by atoms with E-state index in [1.165, 1.54) is 12.1 Å². The molecule has 1 fully saturated rings. The number of ether oxygens (including phenoxy) is 1. The third kappa shape index (κ3) is 3.98. The maximum Gasteiger partial charge on any atom is 0.317 e. The number of hydrogen-bond donors (Lipinski definition) is 1. The van der Waals surface area contributed by atoms with Crippen molar-refractivity contribution in [1.82, 2.24) is 0 Å². The number of phenols is 1. The molecule has 2 aliphatic rings. The Morgan fingerprint density at radius 1 is 1.19 bits per heavy atom. The lowest BCUT2D eigenvalue weighted by molar-refractivity contribution is -0.490. The van der Waals surface area contributed by atoms with Gasteiger partial charge in [0, 0.05) is 15.9 Å². The Bertz CT molecular complexity index is 1100. The van der Waals surface area contributed by atoms with Gasteiger partial charge in [-0.2, -0.15) is 0 Å². The zero-order chi connectivity index (χ0) is 23.0. The second kappa shape index (κ2) is 8.70. The number of phenolic OH excluding ortho intramolecular Hbond substituents is 1. The number of halogens is 1. The quantitative estimate of drug-likeness (QED) is 0.316. The van der Waals surface area contributed by atoms with Crippen molar-refractivity contribution in [1.29, 1.82) is 0 Å². The topological polar surface area (TPSA) is 124 Å². The molecule has 4 atom stereocenters. The summed E-state index contributed by atoms with van der Waals surface area (Å²) in [5.74, 6) is -6.49. The lowest BCUT2D eigenvalue weighted by Crippen LogP contribution is -2.51. The number of aromatic hydroxyl groups is 1. The minimum absolute atomic E-state index is 0.0174. The largest absolute Gasteiger partial charge is 0.507 e. The lowest BCUT2D eigenvalue weighted by Gasteiger charge is -2.40. The molecule has 4 rings (SSSR count). The molecule has 9 heteroatoms. The Morgan fingerprint density at radius 3 is 2.59 bits per heavy atom. The van der Waals surface area contributed by atoms with Gasteiger partial charge in [0.2, 0.25) is 6.54 Å². The first-order chi connectivity index (χ1) is 15.3. The summed E-state index contributed by atoms with van der Waals surface area (Å²) in [6.07, 6.45) is 0.338. The van der Waals surface area contributed by atoms with Crippen LogP contribution in [0, 0.1) is 33.8 Å². The molecule has 32 heavy (non-hydrogen) atoms. The van der Waals surface area contributed by atoms with E-state index in [1.807, 2.05) is 0 Å². The molecule has 0 spiro atoms. The number of hydrogen-bond acceptors (Lipinski definition) is 7. The third-order valence-corrected chi connectivity index (χ3v) is 6.61. The van der Waals surface area contributed by atoms with Crippen molar-refractivity contribution < 1.29 is 29.2 Å². The highest BCUT2D eigenvalue weighted by Crippen LogP contribution is 2.46. The fraction of sp³-hybridized carbons (Fsp3) is 0.348. The van der Waals surface area contributed by atoms with Crippen LogP contribution < -0.4 is 0 Å². The monoisotopic (exact) mass is 457 g/mol. The summed E-state index contributed by atoms with van der Waals surface area (Å²) in [5, 5.41) is 21.8. The van der Waals surface area contributed by atoms with Crippen LogP contribution in [0.2, 0.25) is 5.02 Å². The number of carbonyl (C=O) groups excluding carboxylic acids is 3. The van der Waals surface area contributed by atoms with Gasteiger partial charge in [0.25, 0.3) is 0 Å². The Labute approximate surface area is 188 Å². The second-order valence-electron chi connectivity index (χ2n) is 8.21. The van der Waals surface area contributed by atoms with E-state index in [4.69, 9.17) is 16.3 Å². The number of esters is 1. The number of rotatable bonds is 5. The van der Waals surface area contributed by atoms with Crippen LogP contribution in [0.5, 0.6) is 5.75 Å². The predicted molar refractivity (Wildman–Crippen MR) is 113 cm³/mol. The van der Waals surface area contributed by atoms with Crippen molar-refractivity contribution in [3.05, 3.63) is 74.3 Å². The van der Waals surface area contributed by atoms with Gasteiger partial charge >= 0.3 is 5.97 Å². The molecule has 4 unspecified atom stereocenters. The molecule has 0 aromatic heterocycles. The van der Waals surface area contributed by atoms with E-state index in [1.54, 1.807) is 30.3 Å². The van der Waals surface area contributed by atoms with Crippen LogP contribution in [0.25, 0.3) is 0 Å². The van der Waals surface area contributed by atoms with Crippen LogP contribution in [-0.2, 0) is 27.4 Å². The average molecular weight is 458 g/mol. The van der Waals surface area contributed by atoms with Crippen molar-refractivity contribution in [2.45, 2.75) is 19.4 Å². The molecule has 2 aliphatic carbocycles. The Kier molecular flexibility index (Phi) is 5.97. The molecule has 0 amide bonds. The molecule has 8 nitrogen and oxygen atoms in total. The highest BCUT2D eigenvalue weighted by Gasteiger charge is 2.54. The van der Waals surface area contributed by atoms with Crippen molar-refractivity contribution >= 4 is 29.1 Å². The van der Waals surface area contributed by atoms with Gasteiger partial charge in [-0.3, -0.25) is 24.5 Å². The number of nitrogens with zero attached hydrogens (tertiary/aromatic N) is 1. The first-order valence-corrected chi connectivity index (χ1v) is 10.6. The predicted octanol–water partition coefficient (Wildman–Crippen LogP) is 3.24. The normalized spacial score (nSPS) is 24.4. The highest BCUT2D eigenvalue weighted by atomic mass is 35.5. The summed E-state index contributed by atoms with van der Waals surface area (Å²) in [7, 11) is 0. The van der Waals surface area contributed by atoms with E-state index in [0.717, 1.165) is 0 Å². The molecule has 2 aromatic rings. The van der Waals surface area contributed by atoms with Crippen molar-refractivity contribution in [2.24, 2.45) is 23.7 Å². The van der Waals surface area contributed by atoms with Crippen LogP contribution in [0.3, 0.4) is 0 Å². The van der Waals surface area contributed by atoms with Crippen LogP contribution in [0.4, 0.5) is 0 Å². The number of carbonyl (C=O) groups is 3. The van der Waals surface area contributed by atoms with Crippen LogP contribution in [-0.4, -0.2) is 34.1 Å². The van der Waals surface area contributed by atoms with Gasteiger partial charge in [0.15, 0.2) is 11.6 Å². The van der Waals surface area contributed by atoms with Gasteiger partial charge in [-0.25, -0.2) is 0 Å². The number of fused-ring (bicyclic) bond motifs is 2. The van der Waals surface area contributed by atoms with Crippen molar-refractivity contribution in [2.75, 3.05) is 6.54 Å². The van der Waals surface area contributed by atoms with E-state index in [0.29, 0.717) is 11.1 Å². The fourth-order valence-electron chi connectivity index (χ4n) is 4.86. The summed E-state index contributed by atoms with van der Waals surface area (Å²) < 4.78 is 5.31. The van der Waals surface area contributed by atoms with E-state index in [2.05, 4.69) is 0 Å². The summed E-state index contributed by atoms with van der Waals surface area (Å²) in [5.41, 5.74) is 1.11. The van der Waals surface area contributed by atoms with Crippen molar-refractivity contribution in [3.8, 4) is 5.75 Å². The molecule has 0 saturated heterocycles. The van der Waals surface area contributed by atoms with Crippen LogP contribution >= 0.6 is 11.6 Å². The van der Waals surface area contributed by atoms with E-state index in [9.17, 15) is 29.6 Å². The molecule has 1 N–H and O–H groups in total. The minimum Gasteiger partial charge on any atom is -0.507 e. The van der Waals surface area contributed by atoms with Gasteiger partial charge in [-0.05, 0) is 42.0 Å². The smallest absolute Gasteiger partial charge is 0.317 e. The summed E-state index contributed by atoms with van der Waals surface area (Å²) >= 11 is 6.22. The number of Topliss-reactive ketones (excluding diaryl/α,β-unsaturated/α-hetero) is 2. The molecular weight excluding hydrogens is 438 g/mol. The average Bonchev–Trinajstić information content (AvgIpc) is 2.75. The Morgan fingerprint density at radius 2 is 1.91 bits per heavy atom. The maximum atomic E-state index is 13.4. The van der Waals surface area contributed by atoms with Crippen LogP contribution in [0.15, 0.2) is 42.5 Å². The molecule has 0 bridgehead atoms. The maximum absolute atomic E-state index is 13.4. The van der Waals surface area contributed by atoms with E-state index in [-0.39, 0.29) is 35.8 Å². The summed E-state index contributed by atoms with van der Waals surface area (Å²) in [4.78, 5) is 50.1. The second-order valence-corrected chi connectivity index (χ2v) is 8.62. The molecule has 0 radical (unpaired) electrons. The van der Waals surface area contributed by atoms with Gasteiger partial charge in [-0.15, -0.1) is 0 Å². The van der Waals surface area contributed by atoms with Gasteiger partial charge in [-0.1, -0.05) is 41.9 Å². The standard InChI is InChI=1S/C23H20ClNO7/c24-16-6-7-17(26)20-15(16)9-13-8-14(10-25(30)31)19(21(27)18(13)22(20)28)23(29)32-11-12-4-2-1-3-5-12/h1-7,13-14,18-19,26H,8-11H2. The first-order valence-electron chi connectivity index (χ1n) is 10.2.